The van der Waals surface area contributed by atoms with Gasteiger partial charge in [-0.25, -0.2) is 0 Å². The lowest BCUT2D eigenvalue weighted by molar-refractivity contribution is 0.430. The summed E-state index contributed by atoms with van der Waals surface area (Å²) in [6.07, 6.45) is 8.51. The Morgan fingerprint density at radius 2 is 2.00 bits per heavy atom. The van der Waals surface area contributed by atoms with Gasteiger partial charge in [0.25, 0.3) is 0 Å². The molecule has 2 aliphatic rings. The third-order valence-electron chi connectivity index (χ3n) is 5.14. The average molecular weight is 351 g/mol. The molecule has 1 aromatic rings. The van der Waals surface area contributed by atoms with Crippen molar-refractivity contribution in [3.63, 3.8) is 0 Å². The zero-order valence-corrected chi connectivity index (χ0v) is 14.7. The molecule has 1 unspecified atom stereocenters. The number of halogens is 1. The maximum absolute atomic E-state index is 3.82. The first-order valence-corrected chi connectivity index (χ1v) is 9.34. The predicted octanol–water partition coefficient (Wildman–Crippen LogP) is 4.72. The van der Waals surface area contributed by atoms with Crippen molar-refractivity contribution >= 4 is 21.6 Å². The quantitative estimate of drug-likeness (QED) is 0.826. The van der Waals surface area contributed by atoms with Crippen molar-refractivity contribution in [1.29, 1.82) is 0 Å². The van der Waals surface area contributed by atoms with E-state index >= 15 is 0 Å². The smallest absolute Gasteiger partial charge is 0.0513 e. The molecule has 116 valence electrons. The van der Waals surface area contributed by atoms with Gasteiger partial charge in [0.15, 0.2) is 0 Å². The maximum Gasteiger partial charge on any atom is 0.0513 e. The van der Waals surface area contributed by atoms with E-state index in [0.29, 0.717) is 0 Å². The van der Waals surface area contributed by atoms with Crippen molar-refractivity contribution in [2.45, 2.75) is 58.0 Å². The molecule has 1 heterocycles. The molecular formula is C18H27BrN2. The van der Waals surface area contributed by atoms with Crippen LogP contribution in [0.25, 0.3) is 0 Å². The highest BCUT2D eigenvalue weighted by Gasteiger charge is 2.33. The molecule has 21 heavy (non-hydrogen) atoms. The number of anilines is 1. The first kappa shape index (κ1) is 15.4. The van der Waals surface area contributed by atoms with Crippen molar-refractivity contribution in [3.8, 4) is 0 Å². The summed E-state index contributed by atoms with van der Waals surface area (Å²) in [5.74, 6) is 0.931. The monoisotopic (exact) mass is 350 g/mol. The standard InChI is InChI=1S/C18H27BrN2/c1-2-20-13-14-9-10-18(16(19)12-14)21-11-5-8-17(21)15-6-3-4-7-15/h9-10,12,15,17,20H,2-8,11,13H2,1H3. The molecular weight excluding hydrogens is 324 g/mol. The van der Waals surface area contributed by atoms with E-state index in [0.717, 1.165) is 25.0 Å². The molecule has 2 fully saturated rings. The molecule has 3 heteroatoms. The fraction of sp³-hybridized carbons (Fsp3) is 0.667. The summed E-state index contributed by atoms with van der Waals surface area (Å²) in [6.45, 7) is 5.36. The topological polar surface area (TPSA) is 15.3 Å². The third kappa shape index (κ3) is 3.45. The second-order valence-corrected chi connectivity index (χ2v) is 7.37. The summed E-state index contributed by atoms with van der Waals surface area (Å²) < 4.78 is 1.27. The van der Waals surface area contributed by atoms with Crippen molar-refractivity contribution < 1.29 is 0 Å². The van der Waals surface area contributed by atoms with Crippen LogP contribution in [0.3, 0.4) is 0 Å². The number of hydrogen-bond donors (Lipinski definition) is 1. The molecule has 0 bridgehead atoms. The van der Waals surface area contributed by atoms with Crippen LogP contribution >= 0.6 is 15.9 Å². The van der Waals surface area contributed by atoms with Crippen LogP contribution in [0.1, 0.15) is 51.0 Å². The van der Waals surface area contributed by atoms with Gasteiger partial charge in [-0.15, -0.1) is 0 Å². The molecule has 1 aliphatic heterocycles. The summed E-state index contributed by atoms with van der Waals surface area (Å²) >= 11 is 3.82. The van der Waals surface area contributed by atoms with Crippen LogP contribution in [-0.4, -0.2) is 19.1 Å². The fourth-order valence-electron chi connectivity index (χ4n) is 4.09. The lowest BCUT2D eigenvalue weighted by Crippen LogP contribution is -2.34. The molecule has 1 N–H and O–H groups in total. The third-order valence-corrected chi connectivity index (χ3v) is 5.78. The Kier molecular flexibility index (Phi) is 5.23. The fourth-order valence-corrected chi connectivity index (χ4v) is 4.74. The molecule has 0 radical (unpaired) electrons. The molecule has 3 rings (SSSR count). The summed E-state index contributed by atoms with van der Waals surface area (Å²) in [6, 6.07) is 7.68. The summed E-state index contributed by atoms with van der Waals surface area (Å²) in [4.78, 5) is 2.68. The van der Waals surface area contributed by atoms with E-state index in [9.17, 15) is 0 Å². The minimum atomic E-state index is 0.781. The first-order chi connectivity index (χ1) is 10.3. The Hall–Kier alpha value is -0.540. The zero-order valence-electron chi connectivity index (χ0n) is 13.1. The lowest BCUT2D eigenvalue weighted by Gasteiger charge is -2.32. The van der Waals surface area contributed by atoms with Crippen LogP contribution in [0.5, 0.6) is 0 Å². The summed E-state index contributed by atoms with van der Waals surface area (Å²) in [5.41, 5.74) is 2.77. The van der Waals surface area contributed by atoms with Gasteiger partial charge in [0.2, 0.25) is 0 Å². The highest BCUT2D eigenvalue weighted by molar-refractivity contribution is 9.10. The maximum atomic E-state index is 3.82. The van der Waals surface area contributed by atoms with Crippen LogP contribution in [0.4, 0.5) is 5.69 Å². The molecule has 1 atom stereocenters. The van der Waals surface area contributed by atoms with Crippen LogP contribution < -0.4 is 10.2 Å². The highest BCUT2D eigenvalue weighted by Crippen LogP contribution is 2.40. The van der Waals surface area contributed by atoms with Gasteiger partial charge in [-0.1, -0.05) is 25.8 Å². The van der Waals surface area contributed by atoms with Crippen molar-refractivity contribution in [3.05, 3.63) is 28.2 Å². The van der Waals surface area contributed by atoms with Gasteiger partial charge in [-0.2, -0.15) is 0 Å². The number of hydrogen-bond acceptors (Lipinski definition) is 2. The Bertz CT molecular complexity index is 468. The molecule has 1 saturated heterocycles. The van der Waals surface area contributed by atoms with Crippen molar-refractivity contribution in [1.82, 2.24) is 5.32 Å². The molecule has 0 spiro atoms. The number of nitrogens with zero attached hydrogens (tertiary/aromatic N) is 1. The van der Waals surface area contributed by atoms with Gasteiger partial charge in [-0.05, 0) is 71.8 Å². The van der Waals surface area contributed by atoms with Gasteiger partial charge >= 0.3 is 0 Å². The number of nitrogens with one attached hydrogen (secondary N) is 1. The number of rotatable bonds is 5. The van der Waals surface area contributed by atoms with E-state index in [1.807, 2.05) is 0 Å². The Morgan fingerprint density at radius 3 is 2.71 bits per heavy atom. The average Bonchev–Trinajstić information content (AvgIpc) is 3.15. The highest BCUT2D eigenvalue weighted by atomic mass is 79.9. The minimum Gasteiger partial charge on any atom is -0.367 e. The van der Waals surface area contributed by atoms with Gasteiger partial charge < -0.3 is 10.2 Å². The van der Waals surface area contributed by atoms with Crippen molar-refractivity contribution in [2.75, 3.05) is 18.0 Å². The Balaban J connectivity index is 1.75. The second-order valence-electron chi connectivity index (χ2n) is 6.51. The Labute approximate surface area is 137 Å². The van der Waals surface area contributed by atoms with E-state index < -0.39 is 0 Å². The lowest BCUT2D eigenvalue weighted by atomic mass is 9.95. The van der Waals surface area contributed by atoms with Gasteiger partial charge in [0.05, 0.1) is 5.69 Å². The van der Waals surface area contributed by atoms with Gasteiger partial charge in [0, 0.05) is 23.6 Å². The normalized spacial score (nSPS) is 23.1. The molecule has 0 aromatic heterocycles. The SMILES string of the molecule is CCNCc1ccc(N2CCCC2C2CCCC2)c(Br)c1. The van der Waals surface area contributed by atoms with Crippen molar-refractivity contribution in [2.24, 2.45) is 5.92 Å². The van der Waals surface area contributed by atoms with E-state index in [2.05, 4.69) is 51.3 Å². The number of benzene rings is 1. The molecule has 0 amide bonds. The summed E-state index contributed by atoms with van der Waals surface area (Å²) in [5, 5.41) is 3.40. The zero-order chi connectivity index (χ0) is 14.7. The van der Waals surface area contributed by atoms with Gasteiger partial charge in [-0.3, -0.25) is 0 Å². The second kappa shape index (κ2) is 7.15. The molecule has 1 aromatic carbocycles. The minimum absolute atomic E-state index is 0.781. The van der Waals surface area contributed by atoms with Crippen LogP contribution in [0, 0.1) is 5.92 Å². The largest absolute Gasteiger partial charge is 0.367 e. The van der Waals surface area contributed by atoms with E-state index in [-0.39, 0.29) is 0 Å². The van der Waals surface area contributed by atoms with Crippen LogP contribution in [0.15, 0.2) is 22.7 Å². The first-order valence-electron chi connectivity index (χ1n) is 8.55. The van der Waals surface area contributed by atoms with E-state index in [4.69, 9.17) is 0 Å². The van der Waals surface area contributed by atoms with E-state index in [1.165, 1.54) is 60.8 Å². The predicted molar refractivity (Wildman–Crippen MR) is 93.8 cm³/mol. The molecule has 1 saturated carbocycles. The van der Waals surface area contributed by atoms with E-state index in [1.54, 1.807) is 0 Å². The van der Waals surface area contributed by atoms with Crippen LogP contribution in [0.2, 0.25) is 0 Å². The van der Waals surface area contributed by atoms with Gasteiger partial charge in [0.1, 0.15) is 0 Å². The molecule has 1 aliphatic carbocycles. The molecule has 2 nitrogen and oxygen atoms in total. The van der Waals surface area contributed by atoms with Crippen LogP contribution in [-0.2, 0) is 6.54 Å². The Morgan fingerprint density at radius 1 is 1.19 bits per heavy atom. The summed E-state index contributed by atoms with van der Waals surface area (Å²) in [7, 11) is 0.